The zero-order valence-corrected chi connectivity index (χ0v) is 15.4. The minimum absolute atomic E-state index is 0. The normalized spacial score (nSPS) is 16.9. The van der Waals surface area contributed by atoms with Gasteiger partial charge >= 0.3 is 0 Å². The van der Waals surface area contributed by atoms with Crippen molar-refractivity contribution in [3.05, 3.63) is 35.6 Å². The lowest BCUT2D eigenvalue weighted by atomic mass is 9.96. The van der Waals surface area contributed by atoms with Crippen molar-refractivity contribution in [2.45, 2.75) is 26.2 Å². The van der Waals surface area contributed by atoms with Crippen molar-refractivity contribution in [2.24, 2.45) is 5.92 Å². The van der Waals surface area contributed by atoms with E-state index in [0.717, 1.165) is 32.4 Å². The van der Waals surface area contributed by atoms with E-state index in [2.05, 4.69) is 17.6 Å². The second-order valence-electron chi connectivity index (χ2n) is 6.14. The van der Waals surface area contributed by atoms with E-state index in [1.165, 1.54) is 24.3 Å². The molecule has 0 aliphatic carbocycles. The van der Waals surface area contributed by atoms with E-state index in [9.17, 15) is 14.0 Å². The Labute approximate surface area is 154 Å². The molecule has 0 bridgehead atoms. The third-order valence-corrected chi connectivity index (χ3v) is 4.20. The predicted octanol–water partition coefficient (Wildman–Crippen LogP) is 2.22. The number of halogens is 2. The smallest absolute Gasteiger partial charge is 0.253 e. The Balaban J connectivity index is 0.00000312. The molecule has 1 saturated heterocycles. The molecule has 1 aliphatic heterocycles. The predicted molar refractivity (Wildman–Crippen MR) is 98.4 cm³/mol. The molecule has 1 unspecified atom stereocenters. The van der Waals surface area contributed by atoms with Crippen LogP contribution >= 0.6 is 12.4 Å². The van der Waals surface area contributed by atoms with E-state index in [0.29, 0.717) is 25.2 Å². The van der Waals surface area contributed by atoms with E-state index in [1.54, 1.807) is 4.90 Å². The van der Waals surface area contributed by atoms with Gasteiger partial charge in [0.2, 0.25) is 5.91 Å². The van der Waals surface area contributed by atoms with Crippen LogP contribution in [0, 0.1) is 11.7 Å². The van der Waals surface area contributed by atoms with Crippen molar-refractivity contribution >= 4 is 24.2 Å². The average Bonchev–Trinajstić information content (AvgIpc) is 2.61. The first-order chi connectivity index (χ1) is 11.6. The Morgan fingerprint density at radius 1 is 1.20 bits per heavy atom. The quantitative estimate of drug-likeness (QED) is 0.722. The van der Waals surface area contributed by atoms with Gasteiger partial charge in [0.05, 0.1) is 5.92 Å². The van der Waals surface area contributed by atoms with Crippen LogP contribution in [0.3, 0.4) is 0 Å². The van der Waals surface area contributed by atoms with Crippen molar-refractivity contribution in [3.63, 3.8) is 0 Å². The van der Waals surface area contributed by atoms with E-state index in [4.69, 9.17) is 0 Å². The summed E-state index contributed by atoms with van der Waals surface area (Å²) in [7, 11) is 0. The number of piperidine rings is 1. The minimum atomic E-state index is -0.362. The summed E-state index contributed by atoms with van der Waals surface area (Å²) >= 11 is 0. The monoisotopic (exact) mass is 371 g/mol. The molecule has 1 aromatic rings. The number of nitrogens with zero attached hydrogens (tertiary/aromatic N) is 1. The van der Waals surface area contributed by atoms with Crippen LogP contribution in [0.15, 0.2) is 24.3 Å². The molecule has 1 heterocycles. The van der Waals surface area contributed by atoms with Gasteiger partial charge in [-0.1, -0.05) is 6.92 Å². The lowest BCUT2D eigenvalue weighted by Gasteiger charge is -2.32. The van der Waals surface area contributed by atoms with Crippen LogP contribution in [0.2, 0.25) is 0 Å². The Morgan fingerprint density at radius 2 is 1.92 bits per heavy atom. The molecule has 1 atom stereocenters. The van der Waals surface area contributed by atoms with Crippen LogP contribution in [0.25, 0.3) is 0 Å². The highest BCUT2D eigenvalue weighted by Crippen LogP contribution is 2.19. The standard InChI is InChI=1S/C18H26FN3O2.ClH/c1-2-9-20-10-11-21-17(23)15-4-3-12-22(13-15)18(24)14-5-7-16(19)8-6-14;/h5-8,15,20H,2-4,9-13H2,1H3,(H,21,23);1H. The summed E-state index contributed by atoms with van der Waals surface area (Å²) in [6.45, 7) is 5.45. The van der Waals surface area contributed by atoms with Crippen molar-refractivity contribution in [3.8, 4) is 0 Å². The van der Waals surface area contributed by atoms with E-state index in [1.807, 2.05) is 0 Å². The summed E-state index contributed by atoms with van der Waals surface area (Å²) < 4.78 is 13.0. The molecule has 0 aromatic heterocycles. The average molecular weight is 372 g/mol. The summed E-state index contributed by atoms with van der Waals surface area (Å²) in [6, 6.07) is 5.54. The number of hydrogen-bond donors (Lipinski definition) is 2. The number of amides is 2. The second-order valence-corrected chi connectivity index (χ2v) is 6.14. The van der Waals surface area contributed by atoms with Crippen molar-refractivity contribution in [2.75, 3.05) is 32.7 Å². The Hall–Kier alpha value is -1.66. The van der Waals surface area contributed by atoms with Gasteiger partial charge in [-0.05, 0) is 50.1 Å². The van der Waals surface area contributed by atoms with Gasteiger partial charge in [-0.2, -0.15) is 0 Å². The fourth-order valence-corrected chi connectivity index (χ4v) is 2.87. The van der Waals surface area contributed by atoms with Gasteiger partial charge in [-0.15, -0.1) is 12.4 Å². The first kappa shape index (κ1) is 21.4. The van der Waals surface area contributed by atoms with E-state index < -0.39 is 0 Å². The fourth-order valence-electron chi connectivity index (χ4n) is 2.87. The molecule has 25 heavy (non-hydrogen) atoms. The van der Waals surface area contributed by atoms with Crippen LogP contribution < -0.4 is 10.6 Å². The Bertz CT molecular complexity index is 554. The van der Waals surface area contributed by atoms with E-state index in [-0.39, 0.29) is 36.0 Å². The highest BCUT2D eigenvalue weighted by molar-refractivity contribution is 5.94. The molecule has 1 fully saturated rings. The number of rotatable bonds is 7. The fraction of sp³-hybridized carbons (Fsp3) is 0.556. The van der Waals surface area contributed by atoms with Crippen molar-refractivity contribution < 1.29 is 14.0 Å². The van der Waals surface area contributed by atoms with Gasteiger partial charge in [0, 0.05) is 31.7 Å². The highest BCUT2D eigenvalue weighted by atomic mass is 35.5. The van der Waals surface area contributed by atoms with Gasteiger partial charge < -0.3 is 15.5 Å². The highest BCUT2D eigenvalue weighted by Gasteiger charge is 2.28. The van der Waals surface area contributed by atoms with Gasteiger partial charge in [0.25, 0.3) is 5.91 Å². The molecule has 0 radical (unpaired) electrons. The summed E-state index contributed by atoms with van der Waals surface area (Å²) in [5.74, 6) is -0.671. The first-order valence-electron chi connectivity index (χ1n) is 8.65. The summed E-state index contributed by atoms with van der Waals surface area (Å²) in [4.78, 5) is 26.4. The first-order valence-corrected chi connectivity index (χ1v) is 8.65. The minimum Gasteiger partial charge on any atom is -0.355 e. The number of benzene rings is 1. The van der Waals surface area contributed by atoms with Gasteiger partial charge in [-0.25, -0.2) is 4.39 Å². The lowest BCUT2D eigenvalue weighted by molar-refractivity contribution is -0.126. The lowest BCUT2D eigenvalue weighted by Crippen LogP contribution is -2.46. The number of carbonyl (C=O) groups is 2. The van der Waals surface area contributed by atoms with E-state index >= 15 is 0 Å². The van der Waals surface area contributed by atoms with Crippen LogP contribution in [-0.4, -0.2) is 49.4 Å². The van der Waals surface area contributed by atoms with Gasteiger partial charge in [0.1, 0.15) is 5.82 Å². The third kappa shape index (κ3) is 6.63. The van der Waals surface area contributed by atoms with Gasteiger partial charge in [0.15, 0.2) is 0 Å². The maximum absolute atomic E-state index is 13.0. The molecule has 1 aliphatic rings. The largest absolute Gasteiger partial charge is 0.355 e. The molecule has 0 saturated carbocycles. The molecular weight excluding hydrogens is 345 g/mol. The second kappa shape index (κ2) is 11.1. The molecule has 2 amide bonds. The maximum atomic E-state index is 13.0. The number of hydrogen-bond acceptors (Lipinski definition) is 3. The molecule has 7 heteroatoms. The molecular formula is C18H27ClFN3O2. The molecule has 5 nitrogen and oxygen atoms in total. The van der Waals surface area contributed by atoms with Crippen LogP contribution in [-0.2, 0) is 4.79 Å². The molecule has 140 valence electrons. The SMILES string of the molecule is CCCNCCNC(=O)C1CCCN(C(=O)c2ccc(F)cc2)C1.Cl. The molecule has 2 rings (SSSR count). The summed E-state index contributed by atoms with van der Waals surface area (Å²) in [5.41, 5.74) is 0.459. The van der Waals surface area contributed by atoms with Crippen LogP contribution in [0.5, 0.6) is 0 Å². The Morgan fingerprint density at radius 3 is 2.60 bits per heavy atom. The van der Waals surface area contributed by atoms with Gasteiger partial charge in [-0.3, -0.25) is 9.59 Å². The summed E-state index contributed by atoms with van der Waals surface area (Å²) in [5, 5.41) is 6.17. The Kier molecular flexibility index (Phi) is 9.45. The van der Waals surface area contributed by atoms with Crippen LogP contribution in [0.1, 0.15) is 36.5 Å². The summed E-state index contributed by atoms with van der Waals surface area (Å²) in [6.07, 6.45) is 2.66. The van der Waals surface area contributed by atoms with Crippen molar-refractivity contribution in [1.29, 1.82) is 0 Å². The van der Waals surface area contributed by atoms with Crippen molar-refractivity contribution in [1.82, 2.24) is 15.5 Å². The zero-order valence-electron chi connectivity index (χ0n) is 14.6. The molecule has 1 aromatic carbocycles. The molecule has 0 spiro atoms. The number of likely N-dealkylation sites (tertiary alicyclic amines) is 1. The zero-order chi connectivity index (χ0) is 17.4. The number of carbonyl (C=O) groups excluding carboxylic acids is 2. The third-order valence-electron chi connectivity index (χ3n) is 4.20. The maximum Gasteiger partial charge on any atom is 0.253 e. The number of nitrogens with one attached hydrogen (secondary N) is 2. The van der Waals surface area contributed by atoms with Crippen LogP contribution in [0.4, 0.5) is 4.39 Å². The topological polar surface area (TPSA) is 61.4 Å². The molecule has 2 N–H and O–H groups in total.